The van der Waals surface area contributed by atoms with E-state index >= 15 is 0 Å². The molecule has 0 aliphatic carbocycles. The Morgan fingerprint density at radius 3 is 2.12 bits per heavy atom. The van der Waals surface area contributed by atoms with Crippen molar-refractivity contribution in [2.24, 2.45) is 0 Å². The molecule has 2 unspecified atom stereocenters. The van der Waals surface area contributed by atoms with Gasteiger partial charge in [0.15, 0.2) is 11.5 Å². The van der Waals surface area contributed by atoms with Crippen LogP contribution >= 0.6 is 33.9 Å². The molecule has 15 heteroatoms. The molecule has 2 aliphatic heterocycles. The van der Waals surface area contributed by atoms with Crippen LogP contribution in [-0.2, 0) is 14.2 Å². The molecular weight excluding hydrogens is 800 g/mol. The number of hydrogen-bond acceptors (Lipinski definition) is 10. The van der Waals surface area contributed by atoms with Crippen LogP contribution in [0, 0.1) is 3.57 Å². The van der Waals surface area contributed by atoms with Crippen LogP contribution in [0.5, 0.6) is 0 Å². The van der Waals surface area contributed by atoms with E-state index < -0.39 is 27.9 Å². The molecule has 0 spiro atoms. The summed E-state index contributed by atoms with van der Waals surface area (Å²) in [6.45, 7) is 23.8. The smallest absolute Gasteiger partial charge is 0.410 e. The molecule has 0 aromatic carbocycles. The fourth-order valence-corrected chi connectivity index (χ4v) is 10.1. The second-order valence-corrected chi connectivity index (χ2v) is 30.7. The maximum atomic E-state index is 13.3. The number of anilines is 1. The van der Waals surface area contributed by atoms with Gasteiger partial charge in [0.2, 0.25) is 0 Å². The summed E-state index contributed by atoms with van der Waals surface area (Å²) in [6.07, 6.45) is 6.38. The van der Waals surface area contributed by atoms with Crippen molar-refractivity contribution >= 4 is 67.6 Å². The minimum Gasteiger partial charge on any atom is -0.444 e. The molecule has 2 bridgehead atoms. The Labute approximate surface area is 317 Å². The quantitative estimate of drug-likeness (QED) is 0.0738. The van der Waals surface area contributed by atoms with Crippen molar-refractivity contribution in [1.82, 2.24) is 24.5 Å². The number of nitrogens with zero attached hydrogens (tertiary/aromatic N) is 6. The fourth-order valence-electron chi connectivity index (χ4n) is 6.58. The summed E-state index contributed by atoms with van der Waals surface area (Å²) in [6, 6.07) is 2.37. The van der Waals surface area contributed by atoms with Gasteiger partial charge in [-0.25, -0.2) is 14.8 Å². The molecule has 1 amide bonds. The Balaban J connectivity index is 1.55. The van der Waals surface area contributed by atoms with E-state index in [4.69, 9.17) is 24.3 Å². The summed E-state index contributed by atoms with van der Waals surface area (Å²) in [4.78, 5) is 28.3. The van der Waals surface area contributed by atoms with Crippen molar-refractivity contribution in [3.63, 3.8) is 0 Å². The van der Waals surface area contributed by atoms with E-state index in [-0.39, 0.29) is 24.1 Å². The Morgan fingerprint density at radius 2 is 1.62 bits per heavy atom. The largest absolute Gasteiger partial charge is 0.444 e. The van der Waals surface area contributed by atoms with Gasteiger partial charge in [-0.1, -0.05) is 39.3 Å². The maximum Gasteiger partial charge on any atom is 0.410 e. The van der Waals surface area contributed by atoms with E-state index in [0.29, 0.717) is 31.7 Å². The Hall–Kier alpha value is -1.64. The molecule has 2 aliphatic rings. The highest BCUT2D eigenvalue weighted by atomic mass is 127. The third-order valence-electron chi connectivity index (χ3n) is 9.25. The summed E-state index contributed by atoms with van der Waals surface area (Å²) in [5.41, 5.74) is 2.10. The van der Waals surface area contributed by atoms with Gasteiger partial charge in [-0.15, -0.1) is 11.3 Å². The van der Waals surface area contributed by atoms with E-state index in [1.54, 1.807) is 13.1 Å². The lowest BCUT2D eigenvalue weighted by Crippen LogP contribution is -2.48. The molecule has 0 saturated carbocycles. The van der Waals surface area contributed by atoms with Gasteiger partial charge in [0.1, 0.15) is 30.2 Å². The molecule has 50 heavy (non-hydrogen) atoms. The SMILES string of the molecule is CC(O)c1ncc(-c2cnn3c(N(COCC[Si](C)(C)C)COCC[Si](C)(C)C)c(I)c(C4C[C@H]5CC[C@@H](C4)N5C(=O)OC(C)(C)C)nc23)s1. The van der Waals surface area contributed by atoms with Crippen LogP contribution in [0.3, 0.4) is 0 Å². The maximum absolute atomic E-state index is 13.3. The summed E-state index contributed by atoms with van der Waals surface area (Å²) in [5.74, 6) is 1.06. The van der Waals surface area contributed by atoms with Gasteiger partial charge in [0, 0.05) is 53.6 Å². The van der Waals surface area contributed by atoms with Gasteiger partial charge >= 0.3 is 6.09 Å². The number of carbonyl (C=O) groups is 1. The standard InChI is InChI=1S/C35H57IN6O5SSi2/c1-23(43)32-37-20-28(48-32)27-19-38-42-31(27)39-30(24-17-25-11-12-26(18-24)41(25)34(44)47-35(2,3)4)29(36)33(42)40(21-45-13-15-49(5,6)7)22-46-14-16-50(8,9)10/h19-20,23-26,43H,11-18,21-22H2,1-10H3/t23?,24?,25-,26+. The second-order valence-electron chi connectivity index (χ2n) is 17.3. The third kappa shape index (κ3) is 9.86. The first-order chi connectivity index (χ1) is 23.3. The first-order valence-corrected chi connectivity index (χ1v) is 27.3. The first-order valence-electron chi connectivity index (χ1n) is 17.9. The van der Waals surface area contributed by atoms with Crippen LogP contribution in [0.15, 0.2) is 12.4 Å². The molecular formula is C35H57IN6O5SSi2. The number of hydrogen-bond donors (Lipinski definition) is 1. The minimum atomic E-state index is -1.28. The molecule has 2 fully saturated rings. The van der Waals surface area contributed by atoms with Crippen LogP contribution in [0.25, 0.3) is 16.1 Å². The third-order valence-corrected chi connectivity index (χ3v) is 14.9. The van der Waals surface area contributed by atoms with Crippen LogP contribution in [-0.4, -0.2) is 96.2 Å². The molecule has 4 atom stereocenters. The molecule has 278 valence electrons. The predicted octanol–water partition coefficient (Wildman–Crippen LogP) is 8.59. The topological polar surface area (TPSA) is 115 Å². The van der Waals surface area contributed by atoms with Crippen LogP contribution in [0.1, 0.15) is 76.1 Å². The average molecular weight is 857 g/mol. The van der Waals surface area contributed by atoms with Gasteiger partial charge in [-0.3, -0.25) is 0 Å². The number of carbonyl (C=O) groups excluding carboxylic acids is 1. The van der Waals surface area contributed by atoms with Crippen molar-refractivity contribution in [2.45, 2.75) is 134 Å². The fraction of sp³-hybridized carbons (Fsp3) is 0.714. The number of rotatable bonds is 14. The van der Waals surface area contributed by atoms with E-state index in [1.165, 1.54) is 11.3 Å². The molecule has 3 aromatic rings. The van der Waals surface area contributed by atoms with E-state index in [0.717, 1.165) is 68.9 Å². The first kappa shape index (κ1) is 39.6. The number of piperidine rings is 1. The normalized spacial score (nSPS) is 20.5. The van der Waals surface area contributed by atoms with E-state index in [1.807, 2.05) is 36.4 Å². The summed E-state index contributed by atoms with van der Waals surface area (Å²) in [7, 11) is -2.56. The van der Waals surface area contributed by atoms with E-state index in [2.05, 4.69) is 71.8 Å². The number of aliphatic hydroxyl groups is 1. The van der Waals surface area contributed by atoms with Crippen molar-refractivity contribution in [3.8, 4) is 10.4 Å². The van der Waals surface area contributed by atoms with Crippen molar-refractivity contribution in [2.75, 3.05) is 31.6 Å². The van der Waals surface area contributed by atoms with Gasteiger partial charge < -0.3 is 29.1 Å². The Bertz CT molecular complexity index is 1600. The van der Waals surface area contributed by atoms with Gasteiger partial charge in [-0.2, -0.15) is 9.61 Å². The number of fused-ring (bicyclic) bond motifs is 3. The zero-order valence-corrected chi connectivity index (χ0v) is 36.6. The highest BCUT2D eigenvalue weighted by Crippen LogP contribution is 2.46. The average Bonchev–Trinajstić information content (AvgIpc) is 3.70. The highest BCUT2D eigenvalue weighted by Gasteiger charge is 2.46. The number of aromatic nitrogens is 4. The highest BCUT2D eigenvalue weighted by molar-refractivity contribution is 14.1. The lowest BCUT2D eigenvalue weighted by Gasteiger charge is -2.39. The minimum absolute atomic E-state index is 0.108. The van der Waals surface area contributed by atoms with Crippen LogP contribution in [0.2, 0.25) is 51.4 Å². The Morgan fingerprint density at radius 1 is 1.04 bits per heavy atom. The molecule has 3 aromatic heterocycles. The van der Waals surface area contributed by atoms with Gasteiger partial charge in [0.05, 0.1) is 25.9 Å². The number of thiazole rings is 1. The summed E-state index contributed by atoms with van der Waals surface area (Å²) in [5, 5.41) is 15.8. The summed E-state index contributed by atoms with van der Waals surface area (Å²) >= 11 is 3.91. The van der Waals surface area contributed by atoms with Crippen LogP contribution < -0.4 is 4.90 Å². The zero-order valence-electron chi connectivity index (χ0n) is 31.6. The van der Waals surface area contributed by atoms with Crippen molar-refractivity contribution in [3.05, 3.63) is 26.7 Å². The molecule has 2 saturated heterocycles. The number of amides is 1. The zero-order chi connectivity index (χ0) is 36.6. The van der Waals surface area contributed by atoms with Crippen LogP contribution in [0.4, 0.5) is 10.6 Å². The second kappa shape index (κ2) is 15.8. The predicted molar refractivity (Wildman–Crippen MR) is 215 cm³/mol. The molecule has 0 radical (unpaired) electrons. The lowest BCUT2D eigenvalue weighted by molar-refractivity contribution is 0.00565. The van der Waals surface area contributed by atoms with Gasteiger partial charge in [0.25, 0.3) is 0 Å². The molecule has 5 rings (SSSR count). The van der Waals surface area contributed by atoms with Crippen molar-refractivity contribution < 1.29 is 24.1 Å². The summed E-state index contributed by atoms with van der Waals surface area (Å²) < 4.78 is 21.6. The number of aliphatic hydroxyl groups excluding tert-OH is 1. The Kier molecular flexibility index (Phi) is 12.5. The van der Waals surface area contributed by atoms with E-state index in [9.17, 15) is 9.90 Å². The number of halogens is 1. The molecule has 5 heterocycles. The van der Waals surface area contributed by atoms with Crippen molar-refractivity contribution in [1.29, 1.82) is 0 Å². The number of ether oxygens (including phenoxy) is 3. The molecule has 1 N–H and O–H groups in total. The van der Waals surface area contributed by atoms with Gasteiger partial charge in [-0.05, 0) is 88.1 Å². The lowest BCUT2D eigenvalue weighted by atomic mass is 9.88. The monoisotopic (exact) mass is 856 g/mol. The molecule has 11 nitrogen and oxygen atoms in total.